The molecular weight excluding hydrogens is 288 g/mol. The van der Waals surface area contributed by atoms with Gasteiger partial charge < -0.3 is 20.3 Å². The maximum atomic E-state index is 5.57. The van der Waals surface area contributed by atoms with Crippen molar-refractivity contribution < 1.29 is 4.74 Å². The number of nitrogens with zero attached hydrogens (tertiary/aromatic N) is 2. The zero-order valence-electron chi connectivity index (χ0n) is 15.0. The first-order valence-electron chi connectivity index (χ1n) is 8.42. The molecule has 0 heterocycles. The van der Waals surface area contributed by atoms with Crippen LogP contribution in [0.4, 0.5) is 5.69 Å². The van der Waals surface area contributed by atoms with Crippen LogP contribution < -0.4 is 15.5 Å². The Kier molecular flexibility index (Phi) is 9.87. The second-order valence-corrected chi connectivity index (χ2v) is 6.01. The zero-order chi connectivity index (χ0) is 16.9. The summed E-state index contributed by atoms with van der Waals surface area (Å²) < 4.78 is 5.57. The van der Waals surface area contributed by atoms with E-state index < -0.39 is 0 Å². The molecule has 5 nitrogen and oxygen atoms in total. The molecule has 0 spiro atoms. The summed E-state index contributed by atoms with van der Waals surface area (Å²) in [5.41, 5.74) is 1.22. The Morgan fingerprint density at radius 1 is 1.17 bits per heavy atom. The summed E-state index contributed by atoms with van der Waals surface area (Å²) >= 11 is 0. The molecule has 0 atom stereocenters. The predicted octanol–water partition coefficient (Wildman–Crippen LogP) is 2.35. The summed E-state index contributed by atoms with van der Waals surface area (Å²) in [5, 5.41) is 6.65. The standard InChI is InChI=1S/C18H32N4O/c1-16(2)15-23-14-8-11-20-18(19-3)21-12-13-22(4)17-9-6-5-7-10-17/h5-7,9-10,16H,8,11-15H2,1-4H3,(H2,19,20,21). The number of aliphatic imine (C=N–C) groups is 1. The van der Waals surface area contributed by atoms with Crippen molar-refractivity contribution in [3.63, 3.8) is 0 Å². The molecule has 1 aromatic rings. The second kappa shape index (κ2) is 11.8. The van der Waals surface area contributed by atoms with Crippen LogP contribution in [0.2, 0.25) is 0 Å². The van der Waals surface area contributed by atoms with E-state index in [1.54, 1.807) is 7.05 Å². The van der Waals surface area contributed by atoms with Crippen molar-refractivity contribution in [1.82, 2.24) is 10.6 Å². The van der Waals surface area contributed by atoms with Crippen molar-refractivity contribution in [1.29, 1.82) is 0 Å². The molecule has 1 rings (SSSR count). The molecule has 0 fully saturated rings. The van der Waals surface area contributed by atoms with Gasteiger partial charge in [0.1, 0.15) is 0 Å². The molecule has 2 N–H and O–H groups in total. The zero-order valence-corrected chi connectivity index (χ0v) is 15.0. The van der Waals surface area contributed by atoms with Crippen LogP contribution in [-0.2, 0) is 4.74 Å². The van der Waals surface area contributed by atoms with Gasteiger partial charge in [-0.3, -0.25) is 4.99 Å². The van der Waals surface area contributed by atoms with Crippen molar-refractivity contribution in [3.8, 4) is 0 Å². The number of anilines is 1. The highest BCUT2D eigenvalue weighted by Gasteiger charge is 2.01. The average molecular weight is 320 g/mol. The number of likely N-dealkylation sites (N-methyl/N-ethyl adjacent to an activating group) is 1. The Hall–Kier alpha value is -1.75. The molecule has 0 saturated carbocycles. The largest absolute Gasteiger partial charge is 0.381 e. The third kappa shape index (κ3) is 9.08. The summed E-state index contributed by atoms with van der Waals surface area (Å²) in [5.74, 6) is 1.44. The van der Waals surface area contributed by atoms with Crippen molar-refractivity contribution >= 4 is 11.6 Å². The van der Waals surface area contributed by atoms with Gasteiger partial charge in [-0.2, -0.15) is 0 Å². The lowest BCUT2D eigenvalue weighted by Gasteiger charge is -2.20. The van der Waals surface area contributed by atoms with Gasteiger partial charge in [-0.15, -0.1) is 0 Å². The van der Waals surface area contributed by atoms with Crippen LogP contribution in [0.3, 0.4) is 0 Å². The SMILES string of the molecule is CN=C(NCCCOCC(C)C)NCCN(C)c1ccccc1. The van der Waals surface area contributed by atoms with E-state index in [-0.39, 0.29) is 0 Å². The van der Waals surface area contributed by atoms with Crippen molar-refractivity contribution in [2.75, 3.05) is 51.8 Å². The molecule has 0 aromatic heterocycles. The molecule has 0 bridgehead atoms. The Labute approximate surface area is 141 Å². The summed E-state index contributed by atoms with van der Waals surface area (Å²) in [7, 11) is 3.89. The Balaban J connectivity index is 2.12. The highest BCUT2D eigenvalue weighted by molar-refractivity contribution is 5.79. The van der Waals surface area contributed by atoms with Crippen LogP contribution in [0, 0.1) is 5.92 Å². The number of para-hydroxylation sites is 1. The fourth-order valence-electron chi connectivity index (χ4n) is 2.07. The minimum atomic E-state index is 0.596. The topological polar surface area (TPSA) is 48.9 Å². The van der Waals surface area contributed by atoms with E-state index >= 15 is 0 Å². The molecule has 0 unspecified atom stereocenters. The van der Waals surface area contributed by atoms with Gasteiger partial charge in [-0.05, 0) is 24.5 Å². The monoisotopic (exact) mass is 320 g/mol. The van der Waals surface area contributed by atoms with E-state index in [2.05, 4.69) is 65.7 Å². The molecule has 0 amide bonds. The van der Waals surface area contributed by atoms with Gasteiger partial charge in [0.05, 0.1) is 0 Å². The lowest BCUT2D eigenvalue weighted by Crippen LogP contribution is -2.41. The molecule has 0 aliphatic carbocycles. The van der Waals surface area contributed by atoms with Gasteiger partial charge in [0.25, 0.3) is 0 Å². The van der Waals surface area contributed by atoms with Crippen LogP contribution in [-0.4, -0.2) is 52.9 Å². The van der Waals surface area contributed by atoms with E-state index in [9.17, 15) is 0 Å². The van der Waals surface area contributed by atoms with E-state index in [1.165, 1.54) is 5.69 Å². The van der Waals surface area contributed by atoms with E-state index in [4.69, 9.17) is 4.74 Å². The summed E-state index contributed by atoms with van der Waals surface area (Å²) in [6.07, 6.45) is 0.983. The first-order chi connectivity index (χ1) is 11.1. The molecule has 130 valence electrons. The van der Waals surface area contributed by atoms with Crippen LogP contribution in [0.1, 0.15) is 20.3 Å². The summed E-state index contributed by atoms with van der Waals surface area (Å²) in [6.45, 7) is 8.58. The van der Waals surface area contributed by atoms with Crippen molar-refractivity contribution in [2.24, 2.45) is 10.9 Å². The fraction of sp³-hybridized carbons (Fsp3) is 0.611. The van der Waals surface area contributed by atoms with Crippen molar-refractivity contribution in [3.05, 3.63) is 30.3 Å². The quantitative estimate of drug-likeness (QED) is 0.395. The molecule has 0 aliphatic heterocycles. The van der Waals surface area contributed by atoms with Gasteiger partial charge >= 0.3 is 0 Å². The van der Waals surface area contributed by atoms with E-state index in [0.717, 1.165) is 45.2 Å². The minimum Gasteiger partial charge on any atom is -0.381 e. The van der Waals surface area contributed by atoms with Gasteiger partial charge in [0, 0.05) is 52.6 Å². The first kappa shape index (κ1) is 19.3. The molecule has 23 heavy (non-hydrogen) atoms. The number of rotatable bonds is 10. The molecule has 1 aromatic carbocycles. The third-order valence-electron chi connectivity index (χ3n) is 3.37. The number of hydrogen-bond donors (Lipinski definition) is 2. The summed E-state index contributed by atoms with van der Waals surface area (Å²) in [4.78, 5) is 6.46. The van der Waals surface area contributed by atoms with Gasteiger partial charge in [0.15, 0.2) is 5.96 Å². The third-order valence-corrected chi connectivity index (χ3v) is 3.37. The molecule has 0 radical (unpaired) electrons. The summed E-state index contributed by atoms with van der Waals surface area (Å²) in [6, 6.07) is 10.4. The van der Waals surface area contributed by atoms with Crippen LogP contribution in [0.25, 0.3) is 0 Å². The van der Waals surface area contributed by atoms with Crippen LogP contribution in [0.15, 0.2) is 35.3 Å². The number of ether oxygens (including phenoxy) is 1. The van der Waals surface area contributed by atoms with E-state index in [1.807, 2.05) is 6.07 Å². The highest BCUT2D eigenvalue weighted by Crippen LogP contribution is 2.09. The predicted molar refractivity (Wildman–Crippen MR) is 99.4 cm³/mol. The average Bonchev–Trinajstić information content (AvgIpc) is 2.56. The fourth-order valence-corrected chi connectivity index (χ4v) is 2.07. The lowest BCUT2D eigenvalue weighted by molar-refractivity contribution is 0.108. The van der Waals surface area contributed by atoms with Crippen molar-refractivity contribution in [2.45, 2.75) is 20.3 Å². The minimum absolute atomic E-state index is 0.596. The maximum Gasteiger partial charge on any atom is 0.191 e. The van der Waals surface area contributed by atoms with Gasteiger partial charge in [0.2, 0.25) is 0 Å². The molecule has 0 aliphatic rings. The van der Waals surface area contributed by atoms with Gasteiger partial charge in [-0.1, -0.05) is 32.0 Å². The first-order valence-corrected chi connectivity index (χ1v) is 8.42. The second-order valence-electron chi connectivity index (χ2n) is 6.01. The number of hydrogen-bond acceptors (Lipinski definition) is 3. The van der Waals surface area contributed by atoms with Crippen LogP contribution in [0.5, 0.6) is 0 Å². The Morgan fingerprint density at radius 2 is 1.87 bits per heavy atom. The smallest absolute Gasteiger partial charge is 0.191 e. The maximum absolute atomic E-state index is 5.57. The number of nitrogens with one attached hydrogen (secondary N) is 2. The molecule has 5 heteroatoms. The Morgan fingerprint density at radius 3 is 2.52 bits per heavy atom. The molecule has 0 saturated heterocycles. The van der Waals surface area contributed by atoms with Gasteiger partial charge in [-0.25, -0.2) is 0 Å². The molecular formula is C18H32N4O. The normalized spacial score (nSPS) is 11.6. The van der Waals surface area contributed by atoms with Crippen LogP contribution >= 0.6 is 0 Å². The highest BCUT2D eigenvalue weighted by atomic mass is 16.5. The number of benzene rings is 1. The number of guanidine groups is 1. The Bertz CT molecular complexity index is 434. The lowest BCUT2D eigenvalue weighted by atomic mass is 10.2. The van der Waals surface area contributed by atoms with E-state index in [0.29, 0.717) is 5.92 Å².